The first kappa shape index (κ1) is 20.8. The van der Waals surface area contributed by atoms with Gasteiger partial charge in [-0.2, -0.15) is 23.4 Å². The Balaban J connectivity index is 1.58. The largest absolute Gasteiger partial charge is 0.416 e. The molecule has 0 fully saturated rings. The van der Waals surface area contributed by atoms with Gasteiger partial charge in [-0.25, -0.2) is 0 Å². The zero-order valence-corrected chi connectivity index (χ0v) is 17.7. The molecule has 0 unspecified atom stereocenters. The number of nitrogens with one attached hydrogen (secondary N) is 2. The average Bonchev–Trinajstić information content (AvgIpc) is 3.49. The Kier molecular flexibility index (Phi) is 4.73. The molecule has 0 aliphatic rings. The van der Waals surface area contributed by atoms with Crippen molar-refractivity contribution in [3.63, 3.8) is 0 Å². The molecule has 2 N–H and O–H groups in total. The van der Waals surface area contributed by atoms with Gasteiger partial charge in [0, 0.05) is 41.5 Å². The Bertz CT molecular complexity index is 1460. The van der Waals surface area contributed by atoms with Crippen LogP contribution in [-0.4, -0.2) is 30.5 Å². The van der Waals surface area contributed by atoms with Crippen LogP contribution in [0.4, 0.5) is 13.2 Å². The molecule has 0 radical (unpaired) electrons. The van der Waals surface area contributed by atoms with E-state index < -0.39 is 11.7 Å². The number of aromatic amines is 1. The second-order valence-electron chi connectivity index (χ2n) is 7.86. The van der Waals surface area contributed by atoms with Crippen molar-refractivity contribution >= 4 is 27.8 Å². The number of rotatable bonds is 4. The molecule has 10 heteroatoms. The third-order valence-electron chi connectivity index (χ3n) is 5.60. The maximum absolute atomic E-state index is 13.0. The number of H-pyrrole nitrogens is 1. The van der Waals surface area contributed by atoms with Gasteiger partial charge in [-0.05, 0) is 55.5 Å². The molecular weight excluding hydrogens is 433 g/mol. The molecule has 3 heterocycles. The molecule has 3 aromatic heterocycles. The summed E-state index contributed by atoms with van der Waals surface area (Å²) in [6.45, 7) is 1.85. The standard InChI is InChI=1S/C23H19F3N6O/c1-13(19-9-10-27-29-19)28-22(33)14-3-8-20-17(11-14)18-12-31(2)30-21(18)32(20)16-6-4-15(5-7-16)23(24,25)26/h3-13H,1-2H3,(H,27,29)(H,28,33)/t13-/m0/s1. The van der Waals surface area contributed by atoms with Gasteiger partial charge in [-0.1, -0.05) is 0 Å². The lowest BCUT2D eigenvalue weighted by Crippen LogP contribution is -2.26. The molecule has 1 atom stereocenters. The van der Waals surface area contributed by atoms with Gasteiger partial charge in [0.25, 0.3) is 5.91 Å². The van der Waals surface area contributed by atoms with Crippen LogP contribution in [0.2, 0.25) is 0 Å². The van der Waals surface area contributed by atoms with Crippen molar-refractivity contribution in [3.05, 3.63) is 77.7 Å². The first-order valence-electron chi connectivity index (χ1n) is 10.2. The van der Waals surface area contributed by atoms with Crippen LogP contribution in [0.25, 0.3) is 27.6 Å². The average molecular weight is 452 g/mol. The van der Waals surface area contributed by atoms with E-state index in [2.05, 4.69) is 20.6 Å². The maximum Gasteiger partial charge on any atom is 0.416 e. The van der Waals surface area contributed by atoms with E-state index in [0.29, 0.717) is 16.9 Å². The molecular formula is C23H19F3N6O. The van der Waals surface area contributed by atoms with Gasteiger partial charge in [0.1, 0.15) is 0 Å². The SMILES string of the molecule is C[C@H](NC(=O)c1ccc2c(c1)c1cn(C)nc1n2-c1ccc(C(F)(F)F)cc1)c1ccn[nH]1. The molecule has 5 rings (SSSR count). The summed E-state index contributed by atoms with van der Waals surface area (Å²) in [7, 11) is 1.77. The van der Waals surface area contributed by atoms with E-state index in [-0.39, 0.29) is 11.9 Å². The van der Waals surface area contributed by atoms with Gasteiger partial charge in [-0.3, -0.25) is 19.1 Å². The third-order valence-corrected chi connectivity index (χ3v) is 5.60. The molecule has 0 saturated heterocycles. The lowest BCUT2D eigenvalue weighted by molar-refractivity contribution is -0.137. The van der Waals surface area contributed by atoms with Crippen molar-refractivity contribution in [1.82, 2.24) is 29.9 Å². The number of aromatic nitrogens is 5. The second-order valence-corrected chi connectivity index (χ2v) is 7.86. The highest BCUT2D eigenvalue weighted by Crippen LogP contribution is 2.34. The molecule has 33 heavy (non-hydrogen) atoms. The molecule has 0 aliphatic heterocycles. The summed E-state index contributed by atoms with van der Waals surface area (Å²) in [5, 5.41) is 15.7. The number of aryl methyl sites for hydroxylation is 1. The van der Waals surface area contributed by atoms with E-state index in [1.165, 1.54) is 12.1 Å². The van der Waals surface area contributed by atoms with Gasteiger partial charge < -0.3 is 5.32 Å². The van der Waals surface area contributed by atoms with Crippen molar-refractivity contribution in [2.75, 3.05) is 0 Å². The van der Waals surface area contributed by atoms with Crippen molar-refractivity contribution in [3.8, 4) is 5.69 Å². The maximum atomic E-state index is 13.0. The van der Waals surface area contributed by atoms with Crippen molar-refractivity contribution in [2.45, 2.75) is 19.1 Å². The number of hydrogen-bond acceptors (Lipinski definition) is 3. The Morgan fingerprint density at radius 1 is 1.09 bits per heavy atom. The number of halogens is 3. The molecule has 7 nitrogen and oxygen atoms in total. The van der Waals surface area contributed by atoms with Gasteiger partial charge in [0.15, 0.2) is 5.65 Å². The lowest BCUT2D eigenvalue weighted by Gasteiger charge is -2.13. The Hall–Kier alpha value is -4.08. The highest BCUT2D eigenvalue weighted by atomic mass is 19.4. The molecule has 1 amide bonds. The second kappa shape index (κ2) is 7.51. The minimum Gasteiger partial charge on any atom is -0.344 e. The number of fused-ring (bicyclic) bond motifs is 3. The molecule has 0 spiro atoms. The summed E-state index contributed by atoms with van der Waals surface area (Å²) < 4.78 is 42.4. The fourth-order valence-corrected chi connectivity index (χ4v) is 3.96. The quantitative estimate of drug-likeness (QED) is 0.413. The van der Waals surface area contributed by atoms with E-state index >= 15 is 0 Å². The first-order chi connectivity index (χ1) is 15.7. The summed E-state index contributed by atoms with van der Waals surface area (Å²) in [5.74, 6) is -0.252. The third kappa shape index (κ3) is 3.63. The van der Waals surface area contributed by atoms with Crippen molar-refractivity contribution in [1.29, 1.82) is 0 Å². The summed E-state index contributed by atoms with van der Waals surface area (Å²) >= 11 is 0. The summed E-state index contributed by atoms with van der Waals surface area (Å²) in [6, 6.07) is 11.7. The molecule has 5 aromatic rings. The van der Waals surface area contributed by atoms with Crippen molar-refractivity contribution in [2.24, 2.45) is 7.05 Å². The van der Waals surface area contributed by atoms with Crippen LogP contribution in [-0.2, 0) is 13.2 Å². The van der Waals surface area contributed by atoms with E-state index in [9.17, 15) is 18.0 Å². The minimum absolute atomic E-state index is 0.252. The summed E-state index contributed by atoms with van der Waals surface area (Å²) in [5.41, 5.74) is 2.41. The fourth-order valence-electron chi connectivity index (χ4n) is 3.96. The van der Waals surface area contributed by atoms with Gasteiger partial charge >= 0.3 is 6.18 Å². The van der Waals surface area contributed by atoms with Gasteiger partial charge in [0.2, 0.25) is 0 Å². The Morgan fingerprint density at radius 2 is 1.85 bits per heavy atom. The number of alkyl halides is 3. The first-order valence-corrected chi connectivity index (χ1v) is 10.2. The van der Waals surface area contributed by atoms with Crippen LogP contribution >= 0.6 is 0 Å². The zero-order valence-electron chi connectivity index (χ0n) is 17.7. The number of carbonyl (C=O) groups excluding carboxylic acids is 1. The van der Waals surface area contributed by atoms with Crippen LogP contribution < -0.4 is 5.32 Å². The van der Waals surface area contributed by atoms with E-state index in [1.54, 1.807) is 46.8 Å². The van der Waals surface area contributed by atoms with Crippen LogP contribution in [0.3, 0.4) is 0 Å². The molecule has 0 bridgehead atoms. The molecule has 168 valence electrons. The van der Waals surface area contributed by atoms with Crippen LogP contribution in [0, 0.1) is 0 Å². The zero-order chi connectivity index (χ0) is 23.3. The van der Waals surface area contributed by atoms with Gasteiger partial charge in [-0.15, -0.1) is 0 Å². The number of hydrogen-bond donors (Lipinski definition) is 2. The topological polar surface area (TPSA) is 80.5 Å². The molecule has 2 aromatic carbocycles. The van der Waals surface area contributed by atoms with E-state index in [1.807, 2.05) is 13.1 Å². The normalized spacial score (nSPS) is 13.0. The lowest BCUT2D eigenvalue weighted by atomic mass is 10.1. The fraction of sp³-hybridized carbons (Fsp3) is 0.174. The Labute approximate surface area is 185 Å². The van der Waals surface area contributed by atoms with Crippen LogP contribution in [0.1, 0.15) is 34.6 Å². The van der Waals surface area contributed by atoms with Gasteiger partial charge in [0.05, 0.1) is 22.8 Å². The predicted molar refractivity (Wildman–Crippen MR) is 117 cm³/mol. The molecule has 0 aliphatic carbocycles. The predicted octanol–water partition coefficient (Wildman–Crippen LogP) is 4.75. The van der Waals surface area contributed by atoms with Crippen LogP contribution in [0.5, 0.6) is 0 Å². The summed E-state index contributed by atoms with van der Waals surface area (Å²) in [6.07, 6.45) is -0.965. The summed E-state index contributed by atoms with van der Waals surface area (Å²) in [4.78, 5) is 12.9. The van der Waals surface area contributed by atoms with E-state index in [4.69, 9.17) is 0 Å². The number of benzene rings is 2. The number of carbonyl (C=O) groups is 1. The number of amides is 1. The monoisotopic (exact) mass is 452 g/mol. The van der Waals surface area contributed by atoms with Crippen LogP contribution in [0.15, 0.2) is 60.9 Å². The highest BCUT2D eigenvalue weighted by molar-refractivity contribution is 6.10. The molecule has 0 saturated carbocycles. The Morgan fingerprint density at radius 3 is 2.52 bits per heavy atom. The van der Waals surface area contributed by atoms with Crippen molar-refractivity contribution < 1.29 is 18.0 Å². The highest BCUT2D eigenvalue weighted by Gasteiger charge is 2.30. The number of nitrogens with zero attached hydrogens (tertiary/aromatic N) is 4. The van der Waals surface area contributed by atoms with E-state index in [0.717, 1.165) is 34.1 Å². The minimum atomic E-state index is -4.41. The smallest absolute Gasteiger partial charge is 0.344 e.